The number of hydrogen-bond donors (Lipinski definition) is 2. The van der Waals surface area contributed by atoms with Gasteiger partial charge in [0, 0.05) is 32.0 Å². The molecular weight excluding hydrogens is 224 g/mol. The van der Waals surface area contributed by atoms with Gasteiger partial charge >= 0.3 is 0 Å². The summed E-state index contributed by atoms with van der Waals surface area (Å²) < 4.78 is 0. The summed E-state index contributed by atoms with van der Waals surface area (Å²) in [6.45, 7) is 6.03. The Hall–Kier alpha value is -1.58. The van der Waals surface area contributed by atoms with E-state index in [1.165, 1.54) is 18.4 Å². The largest absolute Gasteiger partial charge is 0.356 e. The predicted octanol–water partition coefficient (Wildman–Crippen LogP) is 1.90. The van der Waals surface area contributed by atoms with Gasteiger partial charge in [-0.3, -0.25) is 9.98 Å². The maximum absolute atomic E-state index is 4.28. The number of unbranched alkanes of at least 4 members (excludes halogenated alkanes) is 1. The molecule has 0 saturated heterocycles. The first-order valence-corrected chi connectivity index (χ1v) is 6.62. The fraction of sp³-hybridized carbons (Fsp3) is 0.571. The molecule has 0 radical (unpaired) electrons. The highest BCUT2D eigenvalue weighted by Crippen LogP contribution is 1.99. The summed E-state index contributed by atoms with van der Waals surface area (Å²) in [7, 11) is 1.80. The fourth-order valence-corrected chi connectivity index (χ4v) is 1.58. The molecule has 1 aromatic heterocycles. The third kappa shape index (κ3) is 5.66. The molecule has 0 aliphatic heterocycles. The first-order valence-electron chi connectivity index (χ1n) is 6.62. The van der Waals surface area contributed by atoms with Crippen molar-refractivity contribution in [2.75, 3.05) is 20.1 Å². The van der Waals surface area contributed by atoms with Crippen LogP contribution in [-0.4, -0.2) is 31.1 Å². The van der Waals surface area contributed by atoms with Crippen LogP contribution in [0.15, 0.2) is 23.3 Å². The number of guanidine groups is 1. The molecule has 0 unspecified atom stereocenters. The topological polar surface area (TPSA) is 49.3 Å². The molecule has 4 nitrogen and oxygen atoms in total. The Morgan fingerprint density at radius 3 is 2.67 bits per heavy atom. The van der Waals surface area contributed by atoms with Gasteiger partial charge in [0.2, 0.25) is 0 Å². The molecule has 1 rings (SSSR count). The Labute approximate surface area is 110 Å². The second-order valence-corrected chi connectivity index (χ2v) is 4.34. The number of nitrogens with one attached hydrogen (secondary N) is 2. The zero-order valence-corrected chi connectivity index (χ0v) is 11.7. The average molecular weight is 248 g/mol. The summed E-state index contributed by atoms with van der Waals surface area (Å²) in [5.41, 5.74) is 2.31. The van der Waals surface area contributed by atoms with Gasteiger partial charge in [0.25, 0.3) is 0 Å². The van der Waals surface area contributed by atoms with Crippen molar-refractivity contribution in [3.63, 3.8) is 0 Å². The molecule has 100 valence electrons. The van der Waals surface area contributed by atoms with Crippen LogP contribution in [0.5, 0.6) is 0 Å². The van der Waals surface area contributed by atoms with Gasteiger partial charge in [0.15, 0.2) is 5.96 Å². The van der Waals surface area contributed by atoms with E-state index in [0.29, 0.717) is 0 Å². The zero-order chi connectivity index (χ0) is 13.2. The van der Waals surface area contributed by atoms with E-state index in [-0.39, 0.29) is 0 Å². The molecule has 0 fully saturated rings. The van der Waals surface area contributed by atoms with E-state index in [1.807, 2.05) is 19.2 Å². The third-order valence-corrected chi connectivity index (χ3v) is 2.73. The standard InChI is InChI=1S/C14H24N4/c1-4-5-9-16-14(15-3)17-10-8-13-7-6-12(2)18-11-13/h6-7,11H,4-5,8-10H2,1-3H3,(H2,15,16,17). The normalized spacial score (nSPS) is 11.4. The van der Waals surface area contributed by atoms with Gasteiger partial charge < -0.3 is 10.6 Å². The smallest absolute Gasteiger partial charge is 0.190 e. The highest BCUT2D eigenvalue weighted by molar-refractivity contribution is 5.79. The molecule has 0 aliphatic carbocycles. The Morgan fingerprint density at radius 1 is 1.28 bits per heavy atom. The second kappa shape index (κ2) is 8.50. The molecule has 4 heteroatoms. The summed E-state index contributed by atoms with van der Waals surface area (Å²) in [6, 6.07) is 4.17. The summed E-state index contributed by atoms with van der Waals surface area (Å²) in [4.78, 5) is 8.47. The van der Waals surface area contributed by atoms with E-state index in [2.05, 4.69) is 33.6 Å². The average Bonchev–Trinajstić information content (AvgIpc) is 2.39. The number of aliphatic imine (C=N–C) groups is 1. The lowest BCUT2D eigenvalue weighted by Gasteiger charge is -2.11. The first kappa shape index (κ1) is 14.5. The van der Waals surface area contributed by atoms with Crippen molar-refractivity contribution in [1.82, 2.24) is 15.6 Å². The van der Waals surface area contributed by atoms with Crippen LogP contribution in [0.4, 0.5) is 0 Å². The first-order chi connectivity index (χ1) is 8.76. The van der Waals surface area contributed by atoms with Crippen LogP contribution >= 0.6 is 0 Å². The lowest BCUT2D eigenvalue weighted by molar-refractivity contribution is 0.726. The highest BCUT2D eigenvalue weighted by Gasteiger charge is 1.97. The number of pyridine rings is 1. The van der Waals surface area contributed by atoms with Crippen LogP contribution in [0.1, 0.15) is 31.0 Å². The maximum Gasteiger partial charge on any atom is 0.190 e. The molecule has 0 atom stereocenters. The van der Waals surface area contributed by atoms with Crippen molar-refractivity contribution in [2.45, 2.75) is 33.1 Å². The number of aryl methyl sites for hydroxylation is 1. The summed E-state index contributed by atoms with van der Waals surface area (Å²) in [5, 5.41) is 6.59. The van der Waals surface area contributed by atoms with E-state index >= 15 is 0 Å². The third-order valence-electron chi connectivity index (χ3n) is 2.73. The molecule has 2 N–H and O–H groups in total. The predicted molar refractivity (Wildman–Crippen MR) is 77.0 cm³/mol. The molecule has 1 heterocycles. The van der Waals surface area contributed by atoms with Gasteiger partial charge in [-0.15, -0.1) is 0 Å². The monoisotopic (exact) mass is 248 g/mol. The van der Waals surface area contributed by atoms with Crippen molar-refractivity contribution in [3.8, 4) is 0 Å². The Bertz CT molecular complexity index is 357. The van der Waals surface area contributed by atoms with E-state index in [4.69, 9.17) is 0 Å². The molecule has 0 spiro atoms. The summed E-state index contributed by atoms with van der Waals surface area (Å²) in [6.07, 6.45) is 5.26. The second-order valence-electron chi connectivity index (χ2n) is 4.34. The number of aromatic nitrogens is 1. The minimum Gasteiger partial charge on any atom is -0.356 e. The van der Waals surface area contributed by atoms with Crippen molar-refractivity contribution >= 4 is 5.96 Å². The van der Waals surface area contributed by atoms with Gasteiger partial charge in [-0.2, -0.15) is 0 Å². The van der Waals surface area contributed by atoms with Crippen LogP contribution in [-0.2, 0) is 6.42 Å². The summed E-state index contributed by atoms with van der Waals surface area (Å²) in [5.74, 6) is 0.878. The number of nitrogens with zero attached hydrogens (tertiary/aromatic N) is 2. The van der Waals surface area contributed by atoms with Gasteiger partial charge in [-0.05, 0) is 31.4 Å². The molecule has 0 bridgehead atoms. The fourth-order valence-electron chi connectivity index (χ4n) is 1.58. The molecule has 0 amide bonds. The quantitative estimate of drug-likeness (QED) is 0.459. The van der Waals surface area contributed by atoms with Crippen LogP contribution < -0.4 is 10.6 Å². The van der Waals surface area contributed by atoms with E-state index in [1.54, 1.807) is 7.05 Å². The molecule has 0 aromatic carbocycles. The molecular formula is C14H24N4. The van der Waals surface area contributed by atoms with Crippen molar-refractivity contribution in [3.05, 3.63) is 29.6 Å². The van der Waals surface area contributed by atoms with Crippen LogP contribution in [0.25, 0.3) is 0 Å². The van der Waals surface area contributed by atoms with Crippen LogP contribution in [0, 0.1) is 6.92 Å². The minimum atomic E-state index is 0.872. The van der Waals surface area contributed by atoms with E-state index in [9.17, 15) is 0 Å². The van der Waals surface area contributed by atoms with Gasteiger partial charge in [-0.1, -0.05) is 19.4 Å². The van der Waals surface area contributed by atoms with Crippen molar-refractivity contribution in [2.24, 2.45) is 4.99 Å². The molecule has 0 aliphatic rings. The minimum absolute atomic E-state index is 0.872. The van der Waals surface area contributed by atoms with E-state index < -0.39 is 0 Å². The SMILES string of the molecule is CCCCNC(=NC)NCCc1ccc(C)nc1. The lowest BCUT2D eigenvalue weighted by atomic mass is 10.2. The molecule has 1 aromatic rings. The zero-order valence-electron chi connectivity index (χ0n) is 11.7. The molecule has 18 heavy (non-hydrogen) atoms. The molecule has 0 saturated carbocycles. The van der Waals surface area contributed by atoms with E-state index in [0.717, 1.165) is 31.2 Å². The van der Waals surface area contributed by atoms with Crippen LogP contribution in [0.2, 0.25) is 0 Å². The Morgan fingerprint density at radius 2 is 2.06 bits per heavy atom. The highest BCUT2D eigenvalue weighted by atomic mass is 15.2. The van der Waals surface area contributed by atoms with Gasteiger partial charge in [-0.25, -0.2) is 0 Å². The number of hydrogen-bond acceptors (Lipinski definition) is 2. The van der Waals surface area contributed by atoms with Crippen LogP contribution in [0.3, 0.4) is 0 Å². The van der Waals surface area contributed by atoms with Gasteiger partial charge in [0.05, 0.1) is 0 Å². The Balaban J connectivity index is 2.25. The lowest BCUT2D eigenvalue weighted by Crippen LogP contribution is -2.38. The van der Waals surface area contributed by atoms with Crippen molar-refractivity contribution < 1.29 is 0 Å². The summed E-state index contributed by atoms with van der Waals surface area (Å²) >= 11 is 0. The Kier molecular flexibility index (Phi) is 6.84. The number of rotatable bonds is 6. The van der Waals surface area contributed by atoms with Gasteiger partial charge in [0.1, 0.15) is 0 Å². The van der Waals surface area contributed by atoms with Crippen molar-refractivity contribution in [1.29, 1.82) is 0 Å². The maximum atomic E-state index is 4.28.